The SMILES string of the molecule is CN1CCC(N2CC(S)CC2=O)CC1. The minimum atomic E-state index is 0.266. The first kappa shape index (κ1) is 10.3. The van der Waals surface area contributed by atoms with Crippen molar-refractivity contribution in [2.24, 2.45) is 0 Å². The highest BCUT2D eigenvalue weighted by atomic mass is 32.1. The Kier molecular flexibility index (Phi) is 3.02. The van der Waals surface area contributed by atoms with Gasteiger partial charge in [0.1, 0.15) is 0 Å². The van der Waals surface area contributed by atoms with Crippen molar-refractivity contribution in [2.45, 2.75) is 30.6 Å². The van der Waals surface area contributed by atoms with Crippen LogP contribution in [0.15, 0.2) is 0 Å². The first-order chi connectivity index (χ1) is 6.66. The van der Waals surface area contributed by atoms with Gasteiger partial charge in [-0.2, -0.15) is 12.6 Å². The van der Waals surface area contributed by atoms with Gasteiger partial charge in [-0.05, 0) is 33.0 Å². The van der Waals surface area contributed by atoms with Gasteiger partial charge in [-0.3, -0.25) is 4.79 Å². The molecule has 0 aromatic carbocycles. The van der Waals surface area contributed by atoms with Crippen molar-refractivity contribution in [1.82, 2.24) is 9.80 Å². The van der Waals surface area contributed by atoms with Gasteiger partial charge in [-0.25, -0.2) is 0 Å². The van der Waals surface area contributed by atoms with E-state index in [9.17, 15) is 4.79 Å². The highest BCUT2D eigenvalue weighted by Crippen LogP contribution is 2.23. The van der Waals surface area contributed by atoms with Crippen molar-refractivity contribution in [3.63, 3.8) is 0 Å². The van der Waals surface area contributed by atoms with Crippen LogP contribution >= 0.6 is 12.6 Å². The molecule has 0 aromatic heterocycles. The Hall–Kier alpha value is -0.220. The third-order valence-corrected chi connectivity index (χ3v) is 3.61. The maximum Gasteiger partial charge on any atom is 0.224 e. The fourth-order valence-corrected chi connectivity index (χ4v) is 2.70. The molecule has 0 radical (unpaired) electrons. The normalized spacial score (nSPS) is 31.4. The molecule has 4 heteroatoms. The predicted molar refractivity (Wildman–Crippen MR) is 59.6 cm³/mol. The van der Waals surface area contributed by atoms with Crippen molar-refractivity contribution in [2.75, 3.05) is 26.7 Å². The van der Waals surface area contributed by atoms with Gasteiger partial charge in [0.15, 0.2) is 0 Å². The second-order valence-corrected chi connectivity index (χ2v) is 5.17. The smallest absolute Gasteiger partial charge is 0.224 e. The summed E-state index contributed by atoms with van der Waals surface area (Å²) >= 11 is 4.38. The number of rotatable bonds is 1. The monoisotopic (exact) mass is 214 g/mol. The van der Waals surface area contributed by atoms with Gasteiger partial charge in [0.05, 0.1) is 0 Å². The summed E-state index contributed by atoms with van der Waals surface area (Å²) in [7, 11) is 2.14. The molecule has 1 atom stereocenters. The zero-order valence-corrected chi connectivity index (χ0v) is 9.54. The second kappa shape index (κ2) is 4.11. The van der Waals surface area contributed by atoms with E-state index < -0.39 is 0 Å². The summed E-state index contributed by atoms with van der Waals surface area (Å²) in [6.07, 6.45) is 2.89. The van der Waals surface area contributed by atoms with E-state index in [1.54, 1.807) is 0 Å². The largest absolute Gasteiger partial charge is 0.338 e. The molecule has 2 fully saturated rings. The molecule has 1 amide bonds. The summed E-state index contributed by atoms with van der Waals surface area (Å²) in [6.45, 7) is 3.09. The Balaban J connectivity index is 1.92. The summed E-state index contributed by atoms with van der Waals surface area (Å²) in [5.74, 6) is 0.305. The lowest BCUT2D eigenvalue weighted by Crippen LogP contribution is -2.44. The number of thiol groups is 1. The van der Waals surface area contributed by atoms with Crippen LogP contribution in [-0.4, -0.2) is 53.7 Å². The number of nitrogens with zero attached hydrogens (tertiary/aromatic N) is 2. The molecule has 3 nitrogen and oxygen atoms in total. The lowest BCUT2D eigenvalue weighted by Gasteiger charge is -2.35. The van der Waals surface area contributed by atoms with Crippen LogP contribution in [0, 0.1) is 0 Å². The average Bonchev–Trinajstić information content (AvgIpc) is 2.47. The maximum absolute atomic E-state index is 11.6. The molecule has 0 aliphatic carbocycles. The Bertz CT molecular complexity index is 226. The zero-order chi connectivity index (χ0) is 10.1. The number of hydrogen-bond acceptors (Lipinski definition) is 3. The molecule has 2 aliphatic rings. The van der Waals surface area contributed by atoms with E-state index >= 15 is 0 Å². The Morgan fingerprint density at radius 2 is 2.00 bits per heavy atom. The van der Waals surface area contributed by atoms with E-state index in [0.29, 0.717) is 18.4 Å². The van der Waals surface area contributed by atoms with Crippen LogP contribution in [0.3, 0.4) is 0 Å². The van der Waals surface area contributed by atoms with Crippen molar-refractivity contribution in [1.29, 1.82) is 0 Å². The second-order valence-electron chi connectivity index (χ2n) is 4.44. The van der Waals surface area contributed by atoms with E-state index in [2.05, 4.69) is 24.6 Å². The van der Waals surface area contributed by atoms with Gasteiger partial charge < -0.3 is 9.80 Å². The van der Waals surface area contributed by atoms with Gasteiger partial charge in [0.2, 0.25) is 5.91 Å². The third-order valence-electron chi connectivity index (χ3n) is 3.27. The highest BCUT2D eigenvalue weighted by molar-refractivity contribution is 7.81. The fraction of sp³-hybridized carbons (Fsp3) is 0.900. The van der Waals surface area contributed by atoms with E-state index in [1.165, 1.54) is 0 Å². The fourth-order valence-electron chi connectivity index (χ4n) is 2.37. The third kappa shape index (κ3) is 2.06. The standard InChI is InChI=1S/C10H18N2OS/c1-11-4-2-8(3-5-11)12-7-9(14)6-10(12)13/h8-9,14H,2-7H2,1H3. The first-order valence-corrected chi connectivity index (χ1v) is 5.84. The molecule has 0 saturated carbocycles. The molecule has 2 saturated heterocycles. The molecule has 0 spiro atoms. The Morgan fingerprint density at radius 1 is 1.36 bits per heavy atom. The molecule has 80 valence electrons. The summed E-state index contributed by atoms with van der Waals surface area (Å²) < 4.78 is 0. The lowest BCUT2D eigenvalue weighted by atomic mass is 10.0. The Labute approximate surface area is 90.8 Å². The number of carbonyl (C=O) groups is 1. The summed E-state index contributed by atoms with van der Waals surface area (Å²) in [6, 6.07) is 0.482. The number of likely N-dealkylation sites (tertiary alicyclic amines) is 2. The topological polar surface area (TPSA) is 23.6 Å². The van der Waals surface area contributed by atoms with Crippen LogP contribution in [0.5, 0.6) is 0 Å². The quantitative estimate of drug-likeness (QED) is 0.647. The molecule has 2 aliphatic heterocycles. The predicted octanol–water partition coefficient (Wildman–Crippen LogP) is 0.611. The van der Waals surface area contributed by atoms with Crippen LogP contribution in [0.2, 0.25) is 0 Å². The lowest BCUT2D eigenvalue weighted by molar-refractivity contribution is -0.130. The maximum atomic E-state index is 11.6. The van der Waals surface area contributed by atoms with Gasteiger partial charge in [0, 0.05) is 24.3 Å². The average molecular weight is 214 g/mol. The van der Waals surface area contributed by atoms with Crippen LogP contribution in [0.4, 0.5) is 0 Å². The summed E-state index contributed by atoms with van der Waals surface area (Å²) in [5, 5.41) is 0.266. The molecule has 1 unspecified atom stereocenters. The van der Waals surface area contributed by atoms with E-state index in [4.69, 9.17) is 0 Å². The Morgan fingerprint density at radius 3 is 2.50 bits per heavy atom. The van der Waals surface area contributed by atoms with Gasteiger partial charge >= 0.3 is 0 Å². The molecule has 0 aromatic rings. The van der Waals surface area contributed by atoms with Crippen molar-refractivity contribution in [3.05, 3.63) is 0 Å². The summed E-state index contributed by atoms with van der Waals surface area (Å²) in [5.41, 5.74) is 0. The highest BCUT2D eigenvalue weighted by Gasteiger charge is 2.33. The van der Waals surface area contributed by atoms with Crippen LogP contribution in [-0.2, 0) is 4.79 Å². The van der Waals surface area contributed by atoms with Crippen molar-refractivity contribution >= 4 is 18.5 Å². The van der Waals surface area contributed by atoms with Gasteiger partial charge in [0.25, 0.3) is 0 Å². The van der Waals surface area contributed by atoms with Crippen molar-refractivity contribution < 1.29 is 4.79 Å². The van der Waals surface area contributed by atoms with Crippen molar-refractivity contribution in [3.8, 4) is 0 Å². The minimum absolute atomic E-state index is 0.266. The molecule has 2 heterocycles. The molecule has 14 heavy (non-hydrogen) atoms. The number of amides is 1. The number of piperidine rings is 1. The number of hydrogen-bond donors (Lipinski definition) is 1. The van der Waals surface area contributed by atoms with Gasteiger partial charge in [-0.1, -0.05) is 0 Å². The van der Waals surface area contributed by atoms with E-state index in [-0.39, 0.29) is 5.25 Å². The van der Waals surface area contributed by atoms with Crippen LogP contribution in [0.1, 0.15) is 19.3 Å². The molecular weight excluding hydrogens is 196 g/mol. The number of carbonyl (C=O) groups excluding carboxylic acids is 1. The minimum Gasteiger partial charge on any atom is -0.338 e. The molecule has 0 bridgehead atoms. The molecule has 0 N–H and O–H groups in total. The zero-order valence-electron chi connectivity index (χ0n) is 8.65. The van der Waals surface area contributed by atoms with E-state index in [0.717, 1.165) is 32.5 Å². The first-order valence-electron chi connectivity index (χ1n) is 5.33. The molecule has 2 rings (SSSR count). The molecular formula is C10H18N2OS. The van der Waals surface area contributed by atoms with Crippen LogP contribution in [0.25, 0.3) is 0 Å². The summed E-state index contributed by atoms with van der Waals surface area (Å²) in [4.78, 5) is 16.0. The van der Waals surface area contributed by atoms with Gasteiger partial charge in [-0.15, -0.1) is 0 Å². The van der Waals surface area contributed by atoms with Crippen LogP contribution < -0.4 is 0 Å². The van der Waals surface area contributed by atoms with E-state index in [1.807, 2.05) is 4.90 Å².